The second-order valence-electron chi connectivity index (χ2n) is 7.57. The molecule has 0 saturated heterocycles. The number of fused-ring (bicyclic) bond motifs is 1. The van der Waals surface area contributed by atoms with Gasteiger partial charge in [-0.1, -0.05) is 31.8 Å². The summed E-state index contributed by atoms with van der Waals surface area (Å²) < 4.78 is 5.19. The molecule has 0 radical (unpaired) electrons. The zero-order valence-corrected chi connectivity index (χ0v) is 15.6. The minimum atomic E-state index is -1.44. The summed E-state index contributed by atoms with van der Waals surface area (Å²) in [6.45, 7) is 6.94. The van der Waals surface area contributed by atoms with Crippen molar-refractivity contribution in [1.82, 2.24) is 9.97 Å². The van der Waals surface area contributed by atoms with E-state index in [0.717, 1.165) is 23.5 Å². The molecule has 0 amide bonds. The molecule has 1 aliphatic rings. The fraction of sp³-hybridized carbons (Fsp3) is 0.273. The van der Waals surface area contributed by atoms with Crippen molar-refractivity contribution in [2.24, 2.45) is 0 Å². The van der Waals surface area contributed by atoms with Crippen LogP contribution >= 0.6 is 0 Å². The average molecular weight is 359 g/mol. The van der Waals surface area contributed by atoms with E-state index < -0.39 is 5.60 Å². The molecule has 4 rings (SSSR count). The van der Waals surface area contributed by atoms with Gasteiger partial charge in [0.2, 0.25) is 5.89 Å². The van der Waals surface area contributed by atoms with E-state index in [1.54, 1.807) is 19.3 Å². The number of anilines is 2. The van der Waals surface area contributed by atoms with Gasteiger partial charge in [0.05, 0.1) is 6.20 Å². The van der Waals surface area contributed by atoms with E-state index >= 15 is 0 Å². The molecule has 1 unspecified atom stereocenters. The highest BCUT2D eigenvalue weighted by Gasteiger charge is 2.35. The molecule has 1 aliphatic heterocycles. The number of hydrogen-bond donors (Lipinski definition) is 1. The lowest BCUT2D eigenvalue weighted by molar-refractivity contribution is 0.0893. The van der Waals surface area contributed by atoms with Crippen LogP contribution in [0.1, 0.15) is 37.8 Å². The van der Waals surface area contributed by atoms with Gasteiger partial charge in [-0.2, -0.15) is 0 Å². The number of aromatic nitrogens is 2. The number of hydrogen-bond acceptors (Lipinski definition) is 5. The third kappa shape index (κ3) is 3.20. The largest absolute Gasteiger partial charge is 0.445 e. The number of aliphatic hydroxyl groups is 1. The predicted molar refractivity (Wildman–Crippen MR) is 104 cm³/mol. The van der Waals surface area contributed by atoms with Gasteiger partial charge in [-0.15, -0.1) is 0 Å². The van der Waals surface area contributed by atoms with E-state index in [4.69, 9.17) is 4.42 Å². The van der Waals surface area contributed by atoms with Crippen molar-refractivity contribution in [2.45, 2.75) is 31.8 Å². The monoisotopic (exact) mass is 359 g/mol. The second kappa shape index (κ2) is 6.26. The lowest BCUT2D eigenvalue weighted by atomic mass is 9.86. The first-order chi connectivity index (χ1) is 12.9. The van der Waals surface area contributed by atoms with E-state index in [9.17, 15) is 5.11 Å². The quantitative estimate of drug-likeness (QED) is 0.706. The molecule has 3 heterocycles. The Morgan fingerprint density at radius 1 is 1.19 bits per heavy atom. The van der Waals surface area contributed by atoms with E-state index in [-0.39, 0.29) is 11.3 Å². The van der Waals surface area contributed by atoms with Gasteiger partial charge in [0, 0.05) is 41.3 Å². The molecule has 0 aliphatic carbocycles. The van der Waals surface area contributed by atoms with Crippen LogP contribution in [0.15, 0.2) is 59.6 Å². The van der Waals surface area contributed by atoms with E-state index in [0.29, 0.717) is 0 Å². The molecular formula is C22H21N3O2. The maximum Gasteiger partial charge on any atom is 0.238 e. The molecule has 5 nitrogen and oxygen atoms in total. The van der Waals surface area contributed by atoms with Crippen molar-refractivity contribution < 1.29 is 9.52 Å². The third-order valence-corrected chi connectivity index (χ3v) is 4.84. The highest BCUT2D eigenvalue weighted by Crippen LogP contribution is 2.44. The van der Waals surface area contributed by atoms with Crippen LogP contribution in [-0.4, -0.2) is 21.6 Å². The summed E-state index contributed by atoms with van der Waals surface area (Å²) in [5, 5.41) is 10.5. The Hall–Kier alpha value is -3.10. The zero-order valence-electron chi connectivity index (χ0n) is 15.6. The first kappa shape index (κ1) is 17.3. The maximum atomic E-state index is 10.5. The average Bonchev–Trinajstić information content (AvgIpc) is 3.28. The first-order valence-corrected chi connectivity index (χ1v) is 8.84. The van der Waals surface area contributed by atoms with Crippen molar-refractivity contribution in [3.63, 3.8) is 0 Å². The Balaban J connectivity index is 1.72. The van der Waals surface area contributed by atoms with Gasteiger partial charge in [-0.05, 0) is 36.8 Å². The van der Waals surface area contributed by atoms with Gasteiger partial charge in [0.25, 0.3) is 0 Å². The molecule has 1 aromatic carbocycles. The van der Waals surface area contributed by atoms with Gasteiger partial charge in [-0.25, -0.2) is 4.98 Å². The molecule has 2 aromatic heterocycles. The zero-order chi connectivity index (χ0) is 19.1. The van der Waals surface area contributed by atoms with E-state index in [1.165, 1.54) is 18.0 Å². The standard InChI is InChI=1S/C22H21N3O2/c1-21(2)15-25(17-7-10-23-11-8-17)19-14-16(4-5-18(19)21)6-9-22(3,26)20-24-12-13-27-20/h4-5,7-8,10-14,26H,15H2,1-3H3. The van der Waals surface area contributed by atoms with Crippen LogP contribution in [0.3, 0.4) is 0 Å². The van der Waals surface area contributed by atoms with Gasteiger partial charge < -0.3 is 14.4 Å². The summed E-state index contributed by atoms with van der Waals surface area (Å²) in [7, 11) is 0. The lowest BCUT2D eigenvalue weighted by Gasteiger charge is -2.22. The molecule has 27 heavy (non-hydrogen) atoms. The molecule has 5 heteroatoms. The van der Waals surface area contributed by atoms with E-state index in [1.807, 2.05) is 18.2 Å². The summed E-state index contributed by atoms with van der Waals surface area (Å²) in [6.07, 6.45) is 6.53. The van der Waals surface area contributed by atoms with Crippen molar-refractivity contribution in [3.05, 3.63) is 72.2 Å². The van der Waals surface area contributed by atoms with Crippen molar-refractivity contribution >= 4 is 11.4 Å². The maximum absolute atomic E-state index is 10.5. The molecule has 136 valence electrons. The molecule has 3 aromatic rings. The Kier molecular flexibility index (Phi) is 4.01. The molecule has 1 atom stereocenters. The Morgan fingerprint density at radius 2 is 1.96 bits per heavy atom. The molecule has 0 saturated carbocycles. The van der Waals surface area contributed by atoms with Crippen LogP contribution in [0.5, 0.6) is 0 Å². The van der Waals surface area contributed by atoms with Gasteiger partial charge >= 0.3 is 0 Å². The summed E-state index contributed by atoms with van der Waals surface area (Å²) in [6, 6.07) is 10.2. The number of nitrogens with zero attached hydrogens (tertiary/aromatic N) is 3. The Bertz CT molecular complexity index is 1010. The molecule has 0 spiro atoms. The minimum absolute atomic E-state index is 0.0359. The molecular weight excluding hydrogens is 338 g/mol. The summed E-state index contributed by atoms with van der Waals surface area (Å²) >= 11 is 0. The number of oxazole rings is 1. The molecule has 0 bridgehead atoms. The molecule has 1 N–H and O–H groups in total. The summed E-state index contributed by atoms with van der Waals surface area (Å²) in [4.78, 5) is 10.4. The number of benzene rings is 1. The molecule has 0 fully saturated rings. The van der Waals surface area contributed by atoms with E-state index in [2.05, 4.69) is 52.7 Å². The summed E-state index contributed by atoms with van der Waals surface area (Å²) in [5.41, 5.74) is 2.95. The normalized spacial score (nSPS) is 17.0. The number of pyridine rings is 1. The Morgan fingerprint density at radius 3 is 2.67 bits per heavy atom. The van der Waals surface area contributed by atoms with Crippen molar-refractivity contribution in [2.75, 3.05) is 11.4 Å². The highest BCUT2D eigenvalue weighted by atomic mass is 16.4. The SMILES string of the molecule is CC(O)(C#Cc1ccc2c(c1)N(c1ccncc1)CC2(C)C)c1ncco1. The highest BCUT2D eigenvalue weighted by molar-refractivity contribution is 5.73. The van der Waals surface area contributed by atoms with Gasteiger partial charge in [0.15, 0.2) is 5.60 Å². The fourth-order valence-corrected chi connectivity index (χ4v) is 3.44. The van der Waals surface area contributed by atoms with Crippen LogP contribution in [0.2, 0.25) is 0 Å². The smallest absolute Gasteiger partial charge is 0.238 e. The van der Waals surface area contributed by atoms with Crippen LogP contribution < -0.4 is 4.90 Å². The third-order valence-electron chi connectivity index (χ3n) is 4.84. The predicted octanol–water partition coefficient (Wildman–Crippen LogP) is 3.76. The van der Waals surface area contributed by atoms with Crippen LogP contribution in [-0.2, 0) is 11.0 Å². The first-order valence-electron chi connectivity index (χ1n) is 8.84. The van der Waals surface area contributed by atoms with Crippen LogP contribution in [0.4, 0.5) is 11.4 Å². The lowest BCUT2D eigenvalue weighted by Crippen LogP contribution is -2.24. The van der Waals surface area contributed by atoms with Crippen molar-refractivity contribution in [1.29, 1.82) is 0 Å². The van der Waals surface area contributed by atoms with Crippen molar-refractivity contribution in [3.8, 4) is 11.8 Å². The fourth-order valence-electron chi connectivity index (χ4n) is 3.44. The Labute approximate surface area is 158 Å². The van der Waals surface area contributed by atoms with Gasteiger partial charge in [0.1, 0.15) is 6.26 Å². The summed E-state index contributed by atoms with van der Waals surface area (Å²) in [5.74, 6) is 6.12. The van der Waals surface area contributed by atoms with Gasteiger partial charge in [-0.3, -0.25) is 4.98 Å². The topological polar surface area (TPSA) is 62.4 Å². The van der Waals surface area contributed by atoms with Crippen LogP contribution in [0.25, 0.3) is 0 Å². The number of rotatable bonds is 2. The second-order valence-corrected chi connectivity index (χ2v) is 7.57. The van der Waals surface area contributed by atoms with Crippen LogP contribution in [0, 0.1) is 11.8 Å². The minimum Gasteiger partial charge on any atom is -0.445 e.